The van der Waals surface area contributed by atoms with Crippen LogP contribution in [0.4, 0.5) is 5.82 Å². The van der Waals surface area contributed by atoms with E-state index in [2.05, 4.69) is 31.5 Å². The monoisotopic (exact) mass is 499 g/mol. The average molecular weight is 500 g/mol. The summed E-state index contributed by atoms with van der Waals surface area (Å²) < 4.78 is 6.58. The topological polar surface area (TPSA) is 109 Å². The number of hydrogen-bond acceptors (Lipinski definition) is 8. The predicted molar refractivity (Wildman–Crippen MR) is 140 cm³/mol. The van der Waals surface area contributed by atoms with E-state index in [4.69, 9.17) is 14.7 Å². The van der Waals surface area contributed by atoms with E-state index in [0.717, 1.165) is 50.5 Å². The van der Waals surface area contributed by atoms with Crippen LogP contribution in [-0.2, 0) is 10.3 Å². The first-order valence-electron chi connectivity index (χ1n) is 11.8. The first-order valence-corrected chi connectivity index (χ1v) is 12.6. The second-order valence-electron chi connectivity index (χ2n) is 9.26. The molecule has 0 spiro atoms. The minimum Gasteiger partial charge on any atom is -0.378 e. The molecule has 9 nitrogen and oxygen atoms in total. The van der Waals surface area contributed by atoms with Crippen molar-refractivity contribution in [2.24, 2.45) is 0 Å². The van der Waals surface area contributed by atoms with Crippen LogP contribution >= 0.6 is 11.3 Å². The van der Waals surface area contributed by atoms with Gasteiger partial charge in [0.2, 0.25) is 0 Å². The number of ether oxygens (including phenoxy) is 1. The van der Waals surface area contributed by atoms with E-state index in [1.54, 1.807) is 29.9 Å². The van der Waals surface area contributed by atoms with E-state index in [-0.39, 0.29) is 5.91 Å². The Morgan fingerprint density at radius 1 is 1.11 bits per heavy atom. The number of fused-ring (bicyclic) bond motifs is 2. The molecule has 1 saturated heterocycles. The summed E-state index contributed by atoms with van der Waals surface area (Å²) in [6, 6.07) is 11.3. The number of carbonyl (C=O) groups excluding carboxylic acids is 1. The van der Waals surface area contributed by atoms with Gasteiger partial charge in [-0.25, -0.2) is 9.97 Å². The quantitative estimate of drug-likeness (QED) is 0.374. The molecule has 0 bridgehead atoms. The number of H-pyrrole nitrogens is 1. The third-order valence-electron chi connectivity index (χ3n) is 6.35. The molecule has 1 aliphatic heterocycles. The lowest BCUT2D eigenvalue weighted by molar-refractivity contribution is 0.0913. The molecule has 1 amide bonds. The molecule has 1 aliphatic rings. The van der Waals surface area contributed by atoms with Gasteiger partial charge in [0, 0.05) is 40.7 Å². The zero-order chi connectivity index (χ0) is 24.7. The maximum atomic E-state index is 12.9. The maximum Gasteiger partial charge on any atom is 0.251 e. The first-order chi connectivity index (χ1) is 17.5. The highest BCUT2D eigenvalue weighted by Crippen LogP contribution is 2.39. The normalized spacial score (nSPS) is 14.4. The van der Waals surface area contributed by atoms with Crippen LogP contribution in [0, 0.1) is 0 Å². The molecule has 0 aliphatic carbocycles. The SMILES string of the molecule is CC(C)(NC(=O)c1ccccc1)c1cc2nc(-c3cncc4[nH]ncc34)nc(N3CCOCC3)c2s1. The lowest BCUT2D eigenvalue weighted by atomic mass is 10.0. The van der Waals surface area contributed by atoms with E-state index in [9.17, 15) is 4.79 Å². The van der Waals surface area contributed by atoms with Crippen LogP contribution in [0.2, 0.25) is 0 Å². The number of aromatic nitrogens is 5. The molecule has 2 N–H and O–H groups in total. The molecule has 0 saturated carbocycles. The fourth-order valence-electron chi connectivity index (χ4n) is 4.38. The number of anilines is 1. The Morgan fingerprint density at radius 3 is 2.72 bits per heavy atom. The number of nitrogens with one attached hydrogen (secondary N) is 2. The minimum atomic E-state index is -0.604. The van der Waals surface area contributed by atoms with Gasteiger partial charge < -0.3 is 15.0 Å². The Balaban J connectivity index is 1.45. The highest BCUT2D eigenvalue weighted by Gasteiger charge is 2.28. The van der Waals surface area contributed by atoms with Gasteiger partial charge in [0.15, 0.2) is 11.6 Å². The van der Waals surface area contributed by atoms with Gasteiger partial charge in [-0.1, -0.05) is 18.2 Å². The van der Waals surface area contributed by atoms with E-state index in [0.29, 0.717) is 24.6 Å². The van der Waals surface area contributed by atoms with Crippen molar-refractivity contribution >= 4 is 44.2 Å². The number of amides is 1. The third-order valence-corrected chi connectivity index (χ3v) is 7.79. The molecule has 4 aromatic heterocycles. The molecular weight excluding hydrogens is 474 g/mol. The lowest BCUT2D eigenvalue weighted by Crippen LogP contribution is -2.40. The Kier molecular flexibility index (Phi) is 5.62. The molecule has 6 rings (SSSR count). The molecule has 1 fully saturated rings. The van der Waals surface area contributed by atoms with Gasteiger partial charge >= 0.3 is 0 Å². The molecule has 10 heteroatoms. The number of nitrogens with zero attached hydrogens (tertiary/aromatic N) is 5. The van der Waals surface area contributed by atoms with E-state index < -0.39 is 5.54 Å². The molecule has 36 heavy (non-hydrogen) atoms. The number of aromatic amines is 1. The van der Waals surface area contributed by atoms with Crippen LogP contribution in [0.25, 0.3) is 32.5 Å². The van der Waals surface area contributed by atoms with Crippen LogP contribution in [-0.4, -0.2) is 57.4 Å². The summed E-state index contributed by atoms with van der Waals surface area (Å²) >= 11 is 1.61. The predicted octanol–water partition coefficient (Wildman–Crippen LogP) is 4.13. The number of thiophene rings is 1. The number of hydrogen-bond donors (Lipinski definition) is 2. The lowest BCUT2D eigenvalue weighted by Gasteiger charge is -2.28. The summed E-state index contributed by atoms with van der Waals surface area (Å²) in [7, 11) is 0. The Bertz CT molecular complexity index is 1550. The van der Waals surface area contributed by atoms with Crippen molar-refractivity contribution in [1.82, 2.24) is 30.5 Å². The number of morpholine rings is 1. The van der Waals surface area contributed by atoms with Crippen LogP contribution < -0.4 is 10.2 Å². The first kappa shape index (κ1) is 22.6. The highest BCUT2D eigenvalue weighted by molar-refractivity contribution is 7.19. The Morgan fingerprint density at radius 2 is 1.92 bits per heavy atom. The third kappa shape index (κ3) is 4.08. The highest BCUT2D eigenvalue weighted by atomic mass is 32.1. The van der Waals surface area contributed by atoms with Crippen LogP contribution in [0.1, 0.15) is 29.1 Å². The van der Waals surface area contributed by atoms with Crippen molar-refractivity contribution in [2.75, 3.05) is 31.2 Å². The zero-order valence-corrected chi connectivity index (χ0v) is 20.8. The van der Waals surface area contributed by atoms with Crippen molar-refractivity contribution < 1.29 is 9.53 Å². The summed E-state index contributed by atoms with van der Waals surface area (Å²) in [5.41, 5.74) is 2.52. The van der Waals surface area contributed by atoms with Gasteiger partial charge in [-0.3, -0.25) is 14.9 Å². The van der Waals surface area contributed by atoms with Gasteiger partial charge in [-0.05, 0) is 32.0 Å². The fourth-order valence-corrected chi connectivity index (χ4v) is 5.55. The number of benzene rings is 1. The van der Waals surface area contributed by atoms with Gasteiger partial charge in [-0.2, -0.15) is 5.10 Å². The summed E-state index contributed by atoms with van der Waals surface area (Å²) in [4.78, 5) is 30.5. The number of rotatable bonds is 5. The molecule has 1 aromatic carbocycles. The summed E-state index contributed by atoms with van der Waals surface area (Å²) in [5.74, 6) is 1.36. The number of carbonyl (C=O) groups is 1. The van der Waals surface area contributed by atoms with E-state index in [1.807, 2.05) is 44.2 Å². The van der Waals surface area contributed by atoms with Crippen LogP contribution in [0.3, 0.4) is 0 Å². The standard InChI is InChI=1S/C26H25N7O2S/c1-26(2,31-25(34)16-6-4-3-5-7-16)21-12-19-22(36-21)24(33-8-10-35-11-9-33)30-23(29-19)18-13-27-15-20-17(18)14-28-32-20/h3-7,12-15H,8-11H2,1-2H3,(H,28,32)(H,31,34). The average Bonchev–Trinajstić information content (AvgIpc) is 3.56. The molecule has 0 atom stereocenters. The van der Waals surface area contributed by atoms with Crippen LogP contribution in [0.15, 0.2) is 55.0 Å². The van der Waals surface area contributed by atoms with Gasteiger partial charge in [0.25, 0.3) is 5.91 Å². The summed E-state index contributed by atoms with van der Waals surface area (Å²) in [6.07, 6.45) is 5.29. The van der Waals surface area contributed by atoms with Crippen molar-refractivity contribution in [3.63, 3.8) is 0 Å². The molecule has 182 valence electrons. The molecule has 0 unspecified atom stereocenters. The maximum absolute atomic E-state index is 12.9. The van der Waals surface area contributed by atoms with Gasteiger partial charge in [0.05, 0.1) is 46.9 Å². The number of pyridine rings is 1. The van der Waals surface area contributed by atoms with Crippen molar-refractivity contribution in [3.8, 4) is 11.4 Å². The second kappa shape index (κ2) is 8.96. The molecule has 5 heterocycles. The fraction of sp³-hybridized carbons (Fsp3) is 0.269. The van der Waals surface area contributed by atoms with E-state index >= 15 is 0 Å². The van der Waals surface area contributed by atoms with Gasteiger partial charge in [0.1, 0.15) is 0 Å². The van der Waals surface area contributed by atoms with Crippen LogP contribution in [0.5, 0.6) is 0 Å². The molecule has 0 radical (unpaired) electrons. The van der Waals surface area contributed by atoms with Crippen molar-refractivity contribution in [3.05, 3.63) is 65.4 Å². The molecule has 5 aromatic rings. The second-order valence-corrected chi connectivity index (χ2v) is 10.3. The smallest absolute Gasteiger partial charge is 0.251 e. The Hall–Kier alpha value is -3.89. The van der Waals surface area contributed by atoms with E-state index in [1.165, 1.54) is 0 Å². The molecular formula is C26H25N7O2S. The minimum absolute atomic E-state index is 0.115. The van der Waals surface area contributed by atoms with Crippen molar-refractivity contribution in [1.29, 1.82) is 0 Å². The Labute approximate surface area is 211 Å². The largest absolute Gasteiger partial charge is 0.378 e. The summed E-state index contributed by atoms with van der Waals surface area (Å²) in [5, 5.41) is 11.2. The summed E-state index contributed by atoms with van der Waals surface area (Å²) in [6.45, 7) is 6.82. The zero-order valence-electron chi connectivity index (χ0n) is 20.0. The van der Waals surface area contributed by atoms with Gasteiger partial charge in [-0.15, -0.1) is 11.3 Å². The van der Waals surface area contributed by atoms with Crippen molar-refractivity contribution in [2.45, 2.75) is 19.4 Å².